The third-order valence-electron chi connectivity index (χ3n) is 6.02. The molecule has 0 aliphatic carbocycles. The van der Waals surface area contributed by atoms with Crippen molar-refractivity contribution in [2.75, 3.05) is 5.75 Å². The van der Waals surface area contributed by atoms with Crippen molar-refractivity contribution in [2.45, 2.75) is 71.1 Å². The maximum atomic E-state index is 13.2. The van der Waals surface area contributed by atoms with E-state index >= 15 is 0 Å². The van der Waals surface area contributed by atoms with Gasteiger partial charge in [0.1, 0.15) is 18.1 Å². The number of hydrogen-bond acceptors (Lipinski definition) is 6. The number of nitrogens with two attached hydrogens (primary N) is 1. The third-order valence-corrected chi connectivity index (χ3v) is 6.38. The number of carbonyl (C=O) groups is 4. The van der Waals surface area contributed by atoms with Crippen LogP contribution in [0.3, 0.4) is 0 Å². The molecule has 1 aromatic rings. The summed E-state index contributed by atoms with van der Waals surface area (Å²) in [6, 6.07) is 5.43. The summed E-state index contributed by atoms with van der Waals surface area (Å²) < 4.78 is 0. The molecule has 6 N–H and O–H groups in total. The molecule has 0 aromatic heterocycles. The van der Waals surface area contributed by atoms with Crippen molar-refractivity contribution in [1.82, 2.24) is 16.0 Å². The second-order valence-electron chi connectivity index (χ2n) is 8.62. The number of amides is 3. The molecule has 3 amide bonds. The minimum Gasteiger partial charge on any atom is -0.480 e. The van der Waals surface area contributed by atoms with E-state index in [0.717, 1.165) is 5.56 Å². The highest BCUT2D eigenvalue weighted by Crippen LogP contribution is 2.13. The molecule has 0 spiro atoms. The summed E-state index contributed by atoms with van der Waals surface area (Å²) in [6.07, 6.45) is 1.49. The monoisotopic (exact) mass is 494 g/mol. The van der Waals surface area contributed by atoms with Crippen LogP contribution in [-0.4, -0.2) is 58.7 Å². The molecule has 0 aliphatic heterocycles. The largest absolute Gasteiger partial charge is 0.480 e. The maximum absolute atomic E-state index is 13.2. The van der Waals surface area contributed by atoms with Crippen molar-refractivity contribution in [3.63, 3.8) is 0 Å². The van der Waals surface area contributed by atoms with Gasteiger partial charge in [-0.2, -0.15) is 12.6 Å². The van der Waals surface area contributed by atoms with Gasteiger partial charge in [0.05, 0.1) is 6.04 Å². The number of carboxylic acids is 1. The van der Waals surface area contributed by atoms with Crippen LogP contribution in [0.25, 0.3) is 0 Å². The third kappa shape index (κ3) is 8.98. The van der Waals surface area contributed by atoms with Crippen LogP contribution in [-0.2, 0) is 25.6 Å². The Balaban J connectivity index is 2.98. The first-order chi connectivity index (χ1) is 16.0. The number of rotatable bonds is 14. The molecule has 1 rings (SSSR count). The fraction of sp³-hybridized carbons (Fsp3) is 0.583. The zero-order valence-corrected chi connectivity index (χ0v) is 21.2. The summed E-state index contributed by atoms with van der Waals surface area (Å²) >= 11 is 3.96. The van der Waals surface area contributed by atoms with Crippen LogP contribution in [0.2, 0.25) is 0 Å². The summed E-state index contributed by atoms with van der Waals surface area (Å²) in [5.74, 6) is -3.39. The standard InChI is InChI=1S/C24H38N4O5S/c1-5-14(3)19(22(30)26-18(13-34)24(32)33)28-23(31)20(15(4)6-2)27-21(29)17(25)12-16-10-8-7-9-11-16/h7-11,14-15,17-20,34H,5-6,12-13,25H2,1-4H3,(H,26,30)(H,27,29)(H,28,31)(H,32,33). The molecule has 0 fully saturated rings. The first kappa shape index (κ1) is 29.4. The lowest BCUT2D eigenvalue weighted by Gasteiger charge is -2.30. The molecule has 9 nitrogen and oxygen atoms in total. The summed E-state index contributed by atoms with van der Waals surface area (Å²) in [5, 5.41) is 17.1. The van der Waals surface area contributed by atoms with Gasteiger partial charge in [0.2, 0.25) is 17.7 Å². The van der Waals surface area contributed by atoms with E-state index < -0.39 is 47.9 Å². The molecular formula is C24H38N4O5S. The molecule has 0 radical (unpaired) electrons. The van der Waals surface area contributed by atoms with E-state index in [1.165, 1.54) is 0 Å². The Kier molecular flexibility index (Phi) is 12.7. The second kappa shape index (κ2) is 14.6. The molecule has 34 heavy (non-hydrogen) atoms. The van der Waals surface area contributed by atoms with E-state index in [1.54, 1.807) is 6.92 Å². The van der Waals surface area contributed by atoms with Crippen LogP contribution in [0.1, 0.15) is 46.1 Å². The minimum absolute atomic E-state index is 0.0902. The first-order valence-electron chi connectivity index (χ1n) is 11.6. The summed E-state index contributed by atoms with van der Waals surface area (Å²) in [5.41, 5.74) is 6.99. The van der Waals surface area contributed by atoms with E-state index in [4.69, 9.17) is 5.73 Å². The molecule has 0 bridgehead atoms. The Morgan fingerprint density at radius 1 is 0.882 bits per heavy atom. The average Bonchev–Trinajstić information content (AvgIpc) is 2.83. The van der Waals surface area contributed by atoms with E-state index in [1.807, 2.05) is 51.1 Å². The highest BCUT2D eigenvalue weighted by molar-refractivity contribution is 7.80. The van der Waals surface area contributed by atoms with E-state index in [0.29, 0.717) is 19.3 Å². The molecule has 6 unspecified atom stereocenters. The lowest BCUT2D eigenvalue weighted by Crippen LogP contribution is -2.60. The van der Waals surface area contributed by atoms with Crippen LogP contribution in [0, 0.1) is 11.8 Å². The van der Waals surface area contributed by atoms with E-state index in [9.17, 15) is 24.3 Å². The Labute approximate surface area is 207 Å². The lowest BCUT2D eigenvalue weighted by atomic mass is 9.94. The van der Waals surface area contributed by atoms with E-state index in [2.05, 4.69) is 28.6 Å². The van der Waals surface area contributed by atoms with Gasteiger partial charge in [-0.25, -0.2) is 4.79 Å². The Bertz CT molecular complexity index is 823. The molecule has 0 saturated heterocycles. The highest BCUT2D eigenvalue weighted by atomic mass is 32.1. The van der Waals surface area contributed by atoms with Gasteiger partial charge in [0.25, 0.3) is 0 Å². The molecular weight excluding hydrogens is 456 g/mol. The fourth-order valence-corrected chi connectivity index (χ4v) is 3.56. The first-order valence-corrected chi connectivity index (χ1v) is 12.2. The minimum atomic E-state index is -1.21. The van der Waals surface area contributed by atoms with Crippen molar-refractivity contribution in [3.8, 4) is 0 Å². The van der Waals surface area contributed by atoms with Crippen LogP contribution in [0.5, 0.6) is 0 Å². The van der Waals surface area contributed by atoms with Gasteiger partial charge in [-0.1, -0.05) is 70.9 Å². The molecule has 6 atom stereocenters. The number of benzene rings is 1. The number of aliphatic carboxylic acids is 1. The fourth-order valence-electron chi connectivity index (χ4n) is 3.31. The van der Waals surface area contributed by atoms with E-state index in [-0.39, 0.29) is 17.6 Å². The highest BCUT2D eigenvalue weighted by Gasteiger charge is 2.34. The molecule has 10 heteroatoms. The number of carbonyl (C=O) groups excluding carboxylic acids is 3. The Hall–Kier alpha value is -2.59. The maximum Gasteiger partial charge on any atom is 0.327 e. The summed E-state index contributed by atoms with van der Waals surface area (Å²) in [4.78, 5) is 50.1. The Morgan fingerprint density at radius 3 is 1.79 bits per heavy atom. The van der Waals surface area contributed by atoms with Crippen molar-refractivity contribution in [3.05, 3.63) is 35.9 Å². The number of hydrogen-bond donors (Lipinski definition) is 6. The van der Waals surface area contributed by atoms with Gasteiger partial charge in [0, 0.05) is 5.75 Å². The number of thiol groups is 1. The van der Waals surface area contributed by atoms with Crippen LogP contribution >= 0.6 is 12.6 Å². The quantitative estimate of drug-likeness (QED) is 0.213. The van der Waals surface area contributed by atoms with Crippen molar-refractivity contribution >= 4 is 36.3 Å². The van der Waals surface area contributed by atoms with Gasteiger partial charge in [-0.3, -0.25) is 14.4 Å². The topological polar surface area (TPSA) is 151 Å². The molecule has 190 valence electrons. The van der Waals surface area contributed by atoms with Gasteiger partial charge in [0.15, 0.2) is 0 Å². The normalized spacial score (nSPS) is 16.3. The van der Waals surface area contributed by atoms with Gasteiger partial charge >= 0.3 is 5.97 Å². The Morgan fingerprint density at radius 2 is 1.35 bits per heavy atom. The zero-order chi connectivity index (χ0) is 25.8. The molecule has 0 heterocycles. The lowest BCUT2D eigenvalue weighted by molar-refractivity contribution is -0.142. The van der Waals surface area contributed by atoms with Crippen molar-refractivity contribution < 1.29 is 24.3 Å². The SMILES string of the molecule is CCC(C)C(NC(=O)C(N)Cc1ccccc1)C(=O)NC(C(=O)NC(CS)C(=O)O)C(C)CC. The zero-order valence-electron chi connectivity index (χ0n) is 20.3. The number of carboxylic acid groups (broad SMARTS) is 1. The summed E-state index contributed by atoms with van der Waals surface area (Å²) in [6.45, 7) is 7.37. The van der Waals surface area contributed by atoms with Crippen LogP contribution < -0.4 is 21.7 Å². The molecule has 0 saturated carbocycles. The van der Waals surface area contributed by atoms with Gasteiger partial charge in [-0.05, 0) is 23.8 Å². The number of nitrogens with one attached hydrogen (secondary N) is 3. The van der Waals surface area contributed by atoms with Crippen LogP contribution in [0.15, 0.2) is 30.3 Å². The average molecular weight is 495 g/mol. The molecule has 1 aromatic carbocycles. The van der Waals surface area contributed by atoms with Gasteiger partial charge in [-0.15, -0.1) is 0 Å². The van der Waals surface area contributed by atoms with Crippen LogP contribution in [0.4, 0.5) is 0 Å². The van der Waals surface area contributed by atoms with Crippen molar-refractivity contribution in [1.29, 1.82) is 0 Å². The van der Waals surface area contributed by atoms with Crippen molar-refractivity contribution in [2.24, 2.45) is 17.6 Å². The molecule has 0 aliphatic rings. The predicted octanol–water partition coefficient (Wildman–Crippen LogP) is 1.12. The second-order valence-corrected chi connectivity index (χ2v) is 8.99. The summed E-state index contributed by atoms with van der Waals surface area (Å²) in [7, 11) is 0. The smallest absolute Gasteiger partial charge is 0.327 e. The van der Waals surface area contributed by atoms with Gasteiger partial charge < -0.3 is 26.8 Å². The predicted molar refractivity (Wildman–Crippen MR) is 134 cm³/mol.